The summed E-state index contributed by atoms with van der Waals surface area (Å²) in [6, 6.07) is 4.78. The van der Waals surface area contributed by atoms with Gasteiger partial charge in [0.05, 0.1) is 3.74 Å². The molecule has 0 aromatic heterocycles. The van der Waals surface area contributed by atoms with Gasteiger partial charge in [0, 0.05) is 0 Å². The Labute approximate surface area is 109 Å². The van der Waals surface area contributed by atoms with Crippen molar-refractivity contribution in [3.05, 3.63) is 23.8 Å². The molecular formula is C10H10Br2O4. The Morgan fingerprint density at radius 3 is 2.69 bits per heavy atom. The van der Waals surface area contributed by atoms with Crippen molar-refractivity contribution in [2.24, 2.45) is 0 Å². The maximum atomic E-state index is 10.3. The smallest absolute Gasteiger partial charge is 0.504 e. The van der Waals surface area contributed by atoms with Crippen LogP contribution in [-0.4, -0.2) is 20.1 Å². The first-order valence-electron chi connectivity index (χ1n) is 4.50. The second kappa shape index (κ2) is 6.10. The first-order valence-corrected chi connectivity index (χ1v) is 6.33. The molecule has 88 valence electrons. The molecule has 0 saturated carbocycles. The van der Waals surface area contributed by atoms with Crippen LogP contribution in [0.3, 0.4) is 0 Å². The van der Waals surface area contributed by atoms with Gasteiger partial charge in [-0.2, -0.15) is 0 Å². The van der Waals surface area contributed by atoms with E-state index in [0.717, 1.165) is 6.42 Å². The lowest BCUT2D eigenvalue weighted by Crippen LogP contribution is -2.04. The van der Waals surface area contributed by atoms with Crippen molar-refractivity contribution >= 4 is 38.0 Å². The number of aryl methyl sites for hydroxylation is 1. The molecule has 0 spiro atoms. The first kappa shape index (κ1) is 13.3. The highest BCUT2D eigenvalue weighted by Gasteiger charge is 2.11. The molecule has 0 aliphatic carbocycles. The number of phenols is 1. The van der Waals surface area contributed by atoms with Crippen LogP contribution in [0.25, 0.3) is 0 Å². The number of halogens is 2. The predicted molar refractivity (Wildman–Crippen MR) is 66.7 cm³/mol. The lowest BCUT2D eigenvalue weighted by atomic mass is 10.1. The van der Waals surface area contributed by atoms with E-state index in [2.05, 4.69) is 36.6 Å². The Morgan fingerprint density at radius 2 is 2.12 bits per heavy atom. The van der Waals surface area contributed by atoms with Crippen LogP contribution in [0.15, 0.2) is 18.2 Å². The summed E-state index contributed by atoms with van der Waals surface area (Å²) in [5.74, 6) is -0.156. The maximum absolute atomic E-state index is 10.3. The molecule has 1 rings (SSSR count). The topological polar surface area (TPSA) is 66.8 Å². The second-order valence-corrected chi connectivity index (χ2v) is 6.50. The van der Waals surface area contributed by atoms with Gasteiger partial charge in [-0.15, -0.1) is 0 Å². The van der Waals surface area contributed by atoms with Crippen molar-refractivity contribution in [3.63, 3.8) is 0 Å². The Hall–Kier alpha value is -0.750. The van der Waals surface area contributed by atoms with E-state index in [1.807, 2.05) is 0 Å². The number of benzene rings is 1. The number of carboxylic acid groups (broad SMARTS) is 1. The molecule has 0 amide bonds. The van der Waals surface area contributed by atoms with Crippen molar-refractivity contribution < 1.29 is 19.7 Å². The Bertz CT molecular complexity index is 379. The van der Waals surface area contributed by atoms with Gasteiger partial charge in [0.2, 0.25) is 0 Å². The van der Waals surface area contributed by atoms with E-state index in [1.165, 1.54) is 6.07 Å². The zero-order valence-corrected chi connectivity index (χ0v) is 11.4. The van der Waals surface area contributed by atoms with Gasteiger partial charge >= 0.3 is 6.16 Å². The number of rotatable bonds is 4. The SMILES string of the molecule is O=C(O)Oc1cccc(CCC(Br)Br)c1O. The molecule has 0 aliphatic rings. The summed E-state index contributed by atoms with van der Waals surface area (Å²) < 4.78 is 4.59. The van der Waals surface area contributed by atoms with Gasteiger partial charge < -0.3 is 14.9 Å². The van der Waals surface area contributed by atoms with Crippen LogP contribution < -0.4 is 4.74 Å². The molecule has 0 heterocycles. The Morgan fingerprint density at radius 1 is 1.44 bits per heavy atom. The molecule has 0 radical (unpaired) electrons. The van der Waals surface area contributed by atoms with Crippen LogP contribution in [0.2, 0.25) is 0 Å². The van der Waals surface area contributed by atoms with Gasteiger partial charge in [-0.25, -0.2) is 4.79 Å². The number of phenolic OH excluding ortho intramolecular Hbond substituents is 1. The summed E-state index contributed by atoms with van der Waals surface area (Å²) in [7, 11) is 0. The minimum absolute atomic E-state index is 0.0364. The molecule has 0 aliphatic heterocycles. The largest absolute Gasteiger partial charge is 0.511 e. The average Bonchev–Trinajstić information content (AvgIpc) is 2.18. The van der Waals surface area contributed by atoms with Crippen molar-refractivity contribution in [3.8, 4) is 11.5 Å². The van der Waals surface area contributed by atoms with Crippen molar-refractivity contribution in [2.45, 2.75) is 16.6 Å². The maximum Gasteiger partial charge on any atom is 0.511 e. The molecule has 0 unspecified atom stereocenters. The van der Waals surface area contributed by atoms with Crippen molar-refractivity contribution in [1.82, 2.24) is 0 Å². The van der Waals surface area contributed by atoms with Crippen molar-refractivity contribution in [1.29, 1.82) is 0 Å². The average molecular weight is 354 g/mol. The fourth-order valence-electron chi connectivity index (χ4n) is 1.21. The summed E-state index contributed by atoms with van der Waals surface area (Å²) in [6.45, 7) is 0. The number of ether oxygens (including phenoxy) is 1. The van der Waals surface area contributed by atoms with Crippen LogP contribution in [0.5, 0.6) is 11.5 Å². The number of para-hydroxylation sites is 1. The number of hydrogen-bond acceptors (Lipinski definition) is 3. The third-order valence-electron chi connectivity index (χ3n) is 1.91. The van der Waals surface area contributed by atoms with Crippen LogP contribution in [0, 0.1) is 0 Å². The van der Waals surface area contributed by atoms with E-state index >= 15 is 0 Å². The highest BCUT2D eigenvalue weighted by molar-refractivity contribution is 9.24. The van der Waals surface area contributed by atoms with Gasteiger partial charge in [0.1, 0.15) is 0 Å². The number of aromatic hydroxyl groups is 1. The minimum Gasteiger partial charge on any atom is -0.504 e. The summed E-state index contributed by atoms with van der Waals surface area (Å²) in [5, 5.41) is 18.2. The Kier molecular flexibility index (Phi) is 5.08. The monoisotopic (exact) mass is 352 g/mol. The molecule has 1 aromatic carbocycles. The van der Waals surface area contributed by atoms with E-state index in [9.17, 15) is 9.90 Å². The van der Waals surface area contributed by atoms with E-state index in [1.54, 1.807) is 12.1 Å². The van der Waals surface area contributed by atoms with Gasteiger partial charge in [-0.1, -0.05) is 44.0 Å². The normalized spacial score (nSPS) is 10.4. The molecule has 4 nitrogen and oxygen atoms in total. The van der Waals surface area contributed by atoms with E-state index in [-0.39, 0.29) is 15.2 Å². The second-order valence-electron chi connectivity index (χ2n) is 3.06. The fraction of sp³-hybridized carbons (Fsp3) is 0.300. The van der Waals surface area contributed by atoms with Crippen molar-refractivity contribution in [2.75, 3.05) is 0 Å². The number of carbonyl (C=O) groups is 1. The van der Waals surface area contributed by atoms with E-state index in [4.69, 9.17) is 5.11 Å². The number of alkyl halides is 2. The van der Waals surface area contributed by atoms with Gasteiger partial charge in [-0.3, -0.25) is 0 Å². The highest BCUT2D eigenvalue weighted by Crippen LogP contribution is 2.31. The summed E-state index contributed by atoms with van der Waals surface area (Å²) in [4.78, 5) is 10.3. The van der Waals surface area contributed by atoms with Crippen LogP contribution in [0.4, 0.5) is 4.79 Å². The lowest BCUT2D eigenvalue weighted by molar-refractivity contribution is 0.143. The molecule has 1 aromatic rings. The Balaban J connectivity index is 2.81. The zero-order valence-electron chi connectivity index (χ0n) is 8.19. The van der Waals surface area contributed by atoms with E-state index in [0.29, 0.717) is 12.0 Å². The lowest BCUT2D eigenvalue weighted by Gasteiger charge is -2.08. The minimum atomic E-state index is -1.44. The molecule has 0 atom stereocenters. The molecule has 16 heavy (non-hydrogen) atoms. The fourth-order valence-corrected chi connectivity index (χ4v) is 1.67. The summed E-state index contributed by atoms with van der Waals surface area (Å²) in [5.41, 5.74) is 0.655. The molecule has 0 fully saturated rings. The molecule has 0 saturated heterocycles. The highest BCUT2D eigenvalue weighted by atomic mass is 79.9. The molecule has 2 N–H and O–H groups in total. The van der Waals surface area contributed by atoms with Crippen LogP contribution >= 0.6 is 31.9 Å². The van der Waals surface area contributed by atoms with Gasteiger partial charge in [0.15, 0.2) is 11.5 Å². The van der Waals surface area contributed by atoms with Crippen LogP contribution in [0.1, 0.15) is 12.0 Å². The van der Waals surface area contributed by atoms with E-state index < -0.39 is 6.16 Å². The predicted octanol–water partition coefficient (Wildman–Crippen LogP) is 3.50. The molecular weight excluding hydrogens is 344 g/mol. The third kappa shape index (κ3) is 4.02. The quantitative estimate of drug-likeness (QED) is 0.494. The summed E-state index contributed by atoms with van der Waals surface area (Å²) >= 11 is 6.65. The van der Waals surface area contributed by atoms with Gasteiger partial charge in [0.25, 0.3) is 0 Å². The first-order chi connectivity index (χ1) is 7.50. The molecule has 6 heteroatoms. The summed E-state index contributed by atoms with van der Waals surface area (Å²) in [6.07, 6.45) is -0.0558. The third-order valence-corrected chi connectivity index (χ3v) is 2.83. The zero-order chi connectivity index (χ0) is 12.1. The van der Waals surface area contributed by atoms with Gasteiger partial charge in [-0.05, 0) is 24.5 Å². The standard InChI is InChI=1S/C10H10Br2O4/c11-8(12)5-4-6-2-1-3-7(9(6)13)16-10(14)15/h1-3,8,13H,4-5H2,(H,14,15). The molecule has 0 bridgehead atoms. The van der Waals surface area contributed by atoms with Crippen LogP contribution in [-0.2, 0) is 6.42 Å². The number of hydrogen-bond donors (Lipinski definition) is 2.